The van der Waals surface area contributed by atoms with Crippen LogP contribution in [0.1, 0.15) is 19.3 Å². The van der Waals surface area contributed by atoms with Crippen molar-refractivity contribution < 1.29 is 0 Å². The summed E-state index contributed by atoms with van der Waals surface area (Å²) in [5.41, 5.74) is 6.24. The maximum Gasteiger partial charge on any atom is 0.0122 e. The van der Waals surface area contributed by atoms with Gasteiger partial charge in [0.2, 0.25) is 0 Å². The molecule has 1 atom stereocenters. The predicted octanol–water partition coefficient (Wildman–Crippen LogP) is 0.601. The van der Waals surface area contributed by atoms with Gasteiger partial charge >= 0.3 is 0 Å². The Morgan fingerprint density at radius 3 is 3.00 bits per heavy atom. The molecule has 1 heterocycles. The van der Waals surface area contributed by atoms with Gasteiger partial charge in [0.25, 0.3) is 0 Å². The summed E-state index contributed by atoms with van der Waals surface area (Å²) in [7, 11) is 0. The summed E-state index contributed by atoms with van der Waals surface area (Å²) in [6.45, 7) is 4.81. The molecule has 1 unspecified atom stereocenters. The van der Waals surface area contributed by atoms with Crippen molar-refractivity contribution in [1.82, 2.24) is 5.32 Å². The molecule has 0 aromatic carbocycles. The van der Waals surface area contributed by atoms with Gasteiger partial charge in [0, 0.05) is 18.2 Å². The highest BCUT2D eigenvalue weighted by Crippen LogP contribution is 2.10. The first-order chi connectivity index (χ1) is 4.29. The van der Waals surface area contributed by atoms with Crippen LogP contribution in [0.4, 0.5) is 0 Å². The first kappa shape index (κ1) is 6.62. The lowest BCUT2D eigenvalue weighted by Gasteiger charge is -2.07. The Hall–Kier alpha value is -0.500. The van der Waals surface area contributed by atoms with E-state index in [1.807, 2.05) is 0 Å². The topological polar surface area (TPSA) is 38.0 Å². The third-order valence-electron chi connectivity index (χ3n) is 1.67. The Bertz CT molecular complexity index is 103. The van der Waals surface area contributed by atoms with Crippen molar-refractivity contribution in [3.05, 3.63) is 12.3 Å². The SMILES string of the molecule is C=C(N)CC1CCCN1. The van der Waals surface area contributed by atoms with Crippen LogP contribution in [-0.4, -0.2) is 12.6 Å². The molecule has 0 saturated carbocycles. The molecule has 0 spiro atoms. The van der Waals surface area contributed by atoms with Gasteiger partial charge in [-0.2, -0.15) is 0 Å². The molecule has 3 N–H and O–H groups in total. The minimum Gasteiger partial charge on any atom is -0.402 e. The molecular weight excluding hydrogens is 112 g/mol. The molecule has 1 aliphatic heterocycles. The van der Waals surface area contributed by atoms with Crippen molar-refractivity contribution in [3.63, 3.8) is 0 Å². The van der Waals surface area contributed by atoms with Crippen LogP contribution in [-0.2, 0) is 0 Å². The van der Waals surface area contributed by atoms with E-state index >= 15 is 0 Å². The maximum absolute atomic E-state index is 5.44. The molecule has 9 heavy (non-hydrogen) atoms. The zero-order valence-corrected chi connectivity index (χ0v) is 5.69. The second-order valence-corrected chi connectivity index (χ2v) is 2.66. The van der Waals surface area contributed by atoms with Crippen LogP contribution >= 0.6 is 0 Å². The van der Waals surface area contributed by atoms with Gasteiger partial charge in [0.05, 0.1) is 0 Å². The summed E-state index contributed by atoms with van der Waals surface area (Å²) in [6.07, 6.45) is 3.49. The average Bonchev–Trinajstić information content (AvgIpc) is 2.15. The fourth-order valence-electron chi connectivity index (χ4n) is 1.25. The largest absolute Gasteiger partial charge is 0.402 e. The Labute approximate surface area is 56.1 Å². The van der Waals surface area contributed by atoms with Crippen LogP contribution in [0.25, 0.3) is 0 Å². The van der Waals surface area contributed by atoms with E-state index in [4.69, 9.17) is 5.73 Å². The van der Waals surface area contributed by atoms with Crippen molar-refractivity contribution in [2.24, 2.45) is 5.73 Å². The van der Waals surface area contributed by atoms with E-state index in [1.165, 1.54) is 12.8 Å². The third kappa shape index (κ3) is 2.06. The number of hydrogen-bond acceptors (Lipinski definition) is 2. The standard InChI is InChI=1S/C7H14N2/c1-6(8)5-7-3-2-4-9-7/h7,9H,1-5,8H2. The number of hydrogen-bond donors (Lipinski definition) is 2. The predicted molar refractivity (Wildman–Crippen MR) is 39.0 cm³/mol. The minimum absolute atomic E-state index is 0.613. The molecule has 2 nitrogen and oxygen atoms in total. The molecule has 0 amide bonds. The van der Waals surface area contributed by atoms with Crippen LogP contribution in [0.3, 0.4) is 0 Å². The fourth-order valence-corrected chi connectivity index (χ4v) is 1.25. The van der Waals surface area contributed by atoms with Gasteiger partial charge in [-0.05, 0) is 19.4 Å². The van der Waals surface area contributed by atoms with Crippen LogP contribution in [0, 0.1) is 0 Å². The summed E-state index contributed by atoms with van der Waals surface area (Å²) in [5.74, 6) is 0. The molecule has 1 fully saturated rings. The van der Waals surface area contributed by atoms with Crippen molar-refractivity contribution in [1.29, 1.82) is 0 Å². The lowest BCUT2D eigenvalue weighted by atomic mass is 10.1. The van der Waals surface area contributed by atoms with Crippen LogP contribution in [0.5, 0.6) is 0 Å². The smallest absolute Gasteiger partial charge is 0.0122 e. The summed E-state index contributed by atoms with van der Waals surface area (Å²) >= 11 is 0. The highest BCUT2D eigenvalue weighted by Gasteiger charge is 2.12. The highest BCUT2D eigenvalue weighted by molar-refractivity contribution is 4.92. The average molecular weight is 126 g/mol. The van der Waals surface area contributed by atoms with E-state index in [-0.39, 0.29) is 0 Å². The number of nitrogens with two attached hydrogens (primary N) is 1. The van der Waals surface area contributed by atoms with Gasteiger partial charge in [0.1, 0.15) is 0 Å². The highest BCUT2D eigenvalue weighted by atomic mass is 14.9. The van der Waals surface area contributed by atoms with E-state index in [0.29, 0.717) is 6.04 Å². The van der Waals surface area contributed by atoms with Gasteiger partial charge < -0.3 is 11.1 Å². The van der Waals surface area contributed by atoms with Gasteiger partial charge in [0.15, 0.2) is 0 Å². The molecule has 1 rings (SSSR count). The lowest BCUT2D eigenvalue weighted by Crippen LogP contribution is -2.22. The second-order valence-electron chi connectivity index (χ2n) is 2.66. The molecule has 0 radical (unpaired) electrons. The Morgan fingerprint density at radius 1 is 1.78 bits per heavy atom. The molecule has 1 aliphatic rings. The van der Waals surface area contributed by atoms with Crippen molar-refractivity contribution in [2.45, 2.75) is 25.3 Å². The molecule has 52 valence electrons. The summed E-state index contributed by atoms with van der Waals surface area (Å²) < 4.78 is 0. The van der Waals surface area contributed by atoms with Crippen molar-refractivity contribution in [3.8, 4) is 0 Å². The summed E-state index contributed by atoms with van der Waals surface area (Å²) in [4.78, 5) is 0. The lowest BCUT2D eigenvalue weighted by molar-refractivity contribution is 0.598. The van der Waals surface area contributed by atoms with Crippen LogP contribution < -0.4 is 11.1 Å². The van der Waals surface area contributed by atoms with Crippen LogP contribution in [0.2, 0.25) is 0 Å². The normalized spacial score (nSPS) is 26.4. The Morgan fingerprint density at radius 2 is 2.56 bits per heavy atom. The fraction of sp³-hybridized carbons (Fsp3) is 0.714. The van der Waals surface area contributed by atoms with E-state index in [1.54, 1.807) is 0 Å². The van der Waals surface area contributed by atoms with Crippen molar-refractivity contribution >= 4 is 0 Å². The first-order valence-electron chi connectivity index (χ1n) is 3.45. The van der Waals surface area contributed by atoms with Crippen molar-refractivity contribution in [2.75, 3.05) is 6.54 Å². The first-order valence-corrected chi connectivity index (χ1v) is 3.45. The second kappa shape index (κ2) is 2.87. The minimum atomic E-state index is 0.613. The molecule has 0 aromatic rings. The molecular formula is C7H14N2. The number of rotatable bonds is 2. The molecule has 0 aliphatic carbocycles. The maximum atomic E-state index is 5.44. The van der Waals surface area contributed by atoms with Gasteiger partial charge in [-0.15, -0.1) is 0 Å². The van der Waals surface area contributed by atoms with Gasteiger partial charge in [-0.1, -0.05) is 6.58 Å². The molecule has 0 aromatic heterocycles. The number of nitrogens with one attached hydrogen (secondary N) is 1. The van der Waals surface area contributed by atoms with E-state index < -0.39 is 0 Å². The molecule has 2 heteroatoms. The molecule has 0 bridgehead atoms. The third-order valence-corrected chi connectivity index (χ3v) is 1.67. The summed E-state index contributed by atoms with van der Waals surface area (Å²) in [6, 6.07) is 0.613. The zero-order valence-electron chi connectivity index (χ0n) is 5.69. The van der Waals surface area contributed by atoms with E-state index in [2.05, 4.69) is 11.9 Å². The van der Waals surface area contributed by atoms with E-state index in [9.17, 15) is 0 Å². The van der Waals surface area contributed by atoms with Gasteiger partial charge in [-0.3, -0.25) is 0 Å². The monoisotopic (exact) mass is 126 g/mol. The summed E-state index contributed by atoms with van der Waals surface area (Å²) in [5, 5.41) is 3.35. The van der Waals surface area contributed by atoms with E-state index in [0.717, 1.165) is 18.7 Å². The zero-order chi connectivity index (χ0) is 6.69. The Kier molecular flexibility index (Phi) is 2.11. The Balaban J connectivity index is 2.19. The van der Waals surface area contributed by atoms with Gasteiger partial charge in [-0.25, -0.2) is 0 Å². The molecule has 1 saturated heterocycles. The van der Waals surface area contributed by atoms with Crippen LogP contribution in [0.15, 0.2) is 12.3 Å². The quantitative estimate of drug-likeness (QED) is 0.568.